The number of aromatic nitrogens is 2. The lowest BCUT2D eigenvalue weighted by Gasteiger charge is -2.04. The van der Waals surface area contributed by atoms with Crippen LogP contribution in [0.2, 0.25) is 0 Å². The van der Waals surface area contributed by atoms with Crippen LogP contribution in [0.25, 0.3) is 4.96 Å². The maximum atomic E-state index is 9.92. The van der Waals surface area contributed by atoms with Gasteiger partial charge >= 0.3 is 0 Å². The summed E-state index contributed by atoms with van der Waals surface area (Å²) in [5.74, 6) is 0. The summed E-state index contributed by atoms with van der Waals surface area (Å²) in [6.45, 7) is 0. The second kappa shape index (κ2) is 3.77. The third-order valence-electron chi connectivity index (χ3n) is 2.47. The van der Waals surface area contributed by atoms with Crippen molar-refractivity contribution < 1.29 is 9.52 Å². The number of aliphatic hydroxyl groups is 1. The molecule has 16 heavy (non-hydrogen) atoms. The van der Waals surface area contributed by atoms with Crippen LogP contribution in [0.4, 0.5) is 0 Å². The Hall–Kier alpha value is -1.59. The number of furan rings is 1. The van der Waals surface area contributed by atoms with Gasteiger partial charge in [0.2, 0.25) is 0 Å². The number of fused-ring (bicyclic) bond motifs is 1. The van der Waals surface area contributed by atoms with E-state index < -0.39 is 6.10 Å². The predicted molar refractivity (Wildman–Crippen MR) is 60.4 cm³/mol. The highest BCUT2D eigenvalue weighted by atomic mass is 32.1. The molecule has 3 heterocycles. The molecule has 0 amide bonds. The van der Waals surface area contributed by atoms with E-state index in [1.54, 1.807) is 29.9 Å². The molecule has 0 fully saturated rings. The first-order valence-electron chi connectivity index (χ1n) is 4.94. The third kappa shape index (κ3) is 1.64. The molecule has 0 spiro atoms. The van der Waals surface area contributed by atoms with Gasteiger partial charge in [0.25, 0.3) is 0 Å². The fourth-order valence-corrected chi connectivity index (χ4v) is 2.37. The van der Waals surface area contributed by atoms with Crippen LogP contribution in [0.1, 0.15) is 17.4 Å². The van der Waals surface area contributed by atoms with Crippen molar-refractivity contribution >= 4 is 16.3 Å². The summed E-state index contributed by atoms with van der Waals surface area (Å²) < 4.78 is 6.89. The van der Waals surface area contributed by atoms with E-state index >= 15 is 0 Å². The number of hydrogen-bond acceptors (Lipinski definition) is 4. The normalized spacial score (nSPS) is 13.3. The number of nitrogens with zero attached hydrogens (tertiary/aromatic N) is 2. The van der Waals surface area contributed by atoms with E-state index in [0.29, 0.717) is 6.42 Å². The Kier molecular flexibility index (Phi) is 2.27. The molecule has 0 aromatic carbocycles. The molecule has 82 valence electrons. The lowest BCUT2D eigenvalue weighted by molar-refractivity contribution is 0.176. The van der Waals surface area contributed by atoms with Crippen molar-refractivity contribution in [1.29, 1.82) is 0 Å². The summed E-state index contributed by atoms with van der Waals surface area (Å²) in [6, 6.07) is 1.77. The molecule has 0 aliphatic rings. The average molecular weight is 234 g/mol. The molecule has 1 unspecified atom stereocenters. The Bertz CT molecular complexity index is 553. The van der Waals surface area contributed by atoms with Crippen molar-refractivity contribution in [2.75, 3.05) is 0 Å². The molecule has 1 N–H and O–H groups in total. The molecule has 0 saturated heterocycles. The number of imidazole rings is 1. The van der Waals surface area contributed by atoms with Crippen molar-refractivity contribution in [3.8, 4) is 0 Å². The van der Waals surface area contributed by atoms with Crippen LogP contribution in [-0.4, -0.2) is 14.5 Å². The third-order valence-corrected chi connectivity index (χ3v) is 3.24. The quantitative estimate of drug-likeness (QED) is 0.756. The van der Waals surface area contributed by atoms with Gasteiger partial charge in [-0.05, 0) is 6.07 Å². The van der Waals surface area contributed by atoms with E-state index in [1.165, 1.54) is 0 Å². The first-order chi connectivity index (χ1) is 7.83. The fourth-order valence-electron chi connectivity index (χ4n) is 1.65. The second-order valence-corrected chi connectivity index (χ2v) is 4.47. The van der Waals surface area contributed by atoms with Gasteiger partial charge in [-0.3, -0.25) is 4.40 Å². The van der Waals surface area contributed by atoms with Gasteiger partial charge in [-0.15, -0.1) is 11.3 Å². The minimum Gasteiger partial charge on any atom is -0.472 e. The van der Waals surface area contributed by atoms with Crippen LogP contribution in [0, 0.1) is 0 Å². The zero-order chi connectivity index (χ0) is 11.0. The Morgan fingerprint density at radius 1 is 1.56 bits per heavy atom. The van der Waals surface area contributed by atoms with Gasteiger partial charge in [0.05, 0.1) is 24.3 Å². The summed E-state index contributed by atoms with van der Waals surface area (Å²) in [4.78, 5) is 5.37. The molecule has 0 saturated carbocycles. The van der Waals surface area contributed by atoms with E-state index in [0.717, 1.165) is 16.2 Å². The zero-order valence-electron chi connectivity index (χ0n) is 8.41. The zero-order valence-corrected chi connectivity index (χ0v) is 9.22. The molecule has 4 nitrogen and oxygen atoms in total. The lowest BCUT2D eigenvalue weighted by atomic mass is 10.1. The van der Waals surface area contributed by atoms with Gasteiger partial charge in [-0.2, -0.15) is 0 Å². The Balaban J connectivity index is 1.82. The molecule has 0 aliphatic carbocycles. The van der Waals surface area contributed by atoms with Crippen molar-refractivity contribution in [3.05, 3.63) is 47.6 Å². The summed E-state index contributed by atoms with van der Waals surface area (Å²) in [5, 5.41) is 11.9. The lowest BCUT2D eigenvalue weighted by Crippen LogP contribution is -2.00. The Labute approximate surface area is 95.8 Å². The monoisotopic (exact) mass is 234 g/mol. The van der Waals surface area contributed by atoms with Crippen LogP contribution in [0.3, 0.4) is 0 Å². The smallest absolute Gasteiger partial charge is 0.193 e. The summed E-state index contributed by atoms with van der Waals surface area (Å²) >= 11 is 1.58. The highest BCUT2D eigenvalue weighted by Gasteiger charge is 2.12. The van der Waals surface area contributed by atoms with Gasteiger partial charge in [-0.1, -0.05) is 0 Å². The van der Waals surface area contributed by atoms with Crippen LogP contribution < -0.4 is 0 Å². The predicted octanol–water partition coefficient (Wildman–Crippen LogP) is 2.26. The van der Waals surface area contributed by atoms with Crippen molar-refractivity contribution in [2.24, 2.45) is 0 Å². The molecular weight excluding hydrogens is 224 g/mol. The van der Waals surface area contributed by atoms with Gasteiger partial charge in [0, 0.05) is 29.8 Å². The van der Waals surface area contributed by atoms with E-state index in [9.17, 15) is 5.11 Å². The number of hydrogen-bond donors (Lipinski definition) is 1. The minimum absolute atomic E-state index is 0.508. The molecule has 0 radical (unpaired) electrons. The first kappa shape index (κ1) is 9.62. The molecule has 3 aromatic heterocycles. The van der Waals surface area contributed by atoms with Crippen LogP contribution >= 0.6 is 11.3 Å². The number of aliphatic hydroxyl groups excluding tert-OH is 1. The van der Waals surface area contributed by atoms with Gasteiger partial charge in [0.1, 0.15) is 0 Å². The Morgan fingerprint density at radius 3 is 3.25 bits per heavy atom. The highest BCUT2D eigenvalue weighted by molar-refractivity contribution is 7.15. The van der Waals surface area contributed by atoms with Gasteiger partial charge in [-0.25, -0.2) is 4.98 Å². The number of thiazole rings is 1. The first-order valence-corrected chi connectivity index (χ1v) is 5.82. The van der Waals surface area contributed by atoms with Crippen molar-refractivity contribution in [1.82, 2.24) is 9.38 Å². The topological polar surface area (TPSA) is 50.7 Å². The van der Waals surface area contributed by atoms with Crippen molar-refractivity contribution in [3.63, 3.8) is 0 Å². The standard InChI is InChI=1S/C11H10N2O2S/c14-10(8-1-3-15-7-8)5-9-6-13-2-4-16-11(13)12-9/h1-4,6-7,10,14H,5H2. The molecular formula is C11H10N2O2S. The largest absolute Gasteiger partial charge is 0.472 e. The van der Waals surface area contributed by atoms with Gasteiger partial charge in [0.15, 0.2) is 4.96 Å². The molecule has 5 heteroatoms. The Morgan fingerprint density at radius 2 is 2.50 bits per heavy atom. The number of rotatable bonds is 3. The van der Waals surface area contributed by atoms with E-state index in [-0.39, 0.29) is 0 Å². The molecule has 3 rings (SSSR count). The molecule has 1 atom stereocenters. The SMILES string of the molecule is OC(Cc1cn2ccsc2n1)c1ccoc1. The summed E-state index contributed by atoms with van der Waals surface area (Å²) in [5.41, 5.74) is 1.68. The van der Waals surface area contributed by atoms with E-state index in [2.05, 4.69) is 4.98 Å². The molecule has 3 aromatic rings. The molecule has 0 bridgehead atoms. The van der Waals surface area contributed by atoms with Crippen LogP contribution in [0.15, 0.2) is 40.8 Å². The fraction of sp³-hybridized carbons (Fsp3) is 0.182. The van der Waals surface area contributed by atoms with Gasteiger partial charge < -0.3 is 9.52 Å². The van der Waals surface area contributed by atoms with E-state index in [4.69, 9.17) is 4.42 Å². The molecule has 0 aliphatic heterocycles. The average Bonchev–Trinajstić information content (AvgIpc) is 2.91. The van der Waals surface area contributed by atoms with E-state index in [1.807, 2.05) is 22.2 Å². The minimum atomic E-state index is -0.552. The maximum absolute atomic E-state index is 9.92. The highest BCUT2D eigenvalue weighted by Crippen LogP contribution is 2.19. The summed E-state index contributed by atoms with van der Waals surface area (Å²) in [7, 11) is 0. The second-order valence-electron chi connectivity index (χ2n) is 3.60. The van der Waals surface area contributed by atoms with Crippen molar-refractivity contribution in [2.45, 2.75) is 12.5 Å². The summed E-state index contributed by atoms with van der Waals surface area (Å²) in [6.07, 6.45) is 6.97. The van der Waals surface area contributed by atoms with Crippen LogP contribution in [0.5, 0.6) is 0 Å². The maximum Gasteiger partial charge on any atom is 0.193 e. The van der Waals surface area contributed by atoms with Crippen LogP contribution in [-0.2, 0) is 6.42 Å².